The number of rotatable bonds is 7. The Hall–Kier alpha value is -3.22. The van der Waals surface area contributed by atoms with E-state index in [1.807, 2.05) is 0 Å². The summed E-state index contributed by atoms with van der Waals surface area (Å²) in [6.07, 6.45) is 3.56. The molecule has 0 fully saturated rings. The first-order valence-corrected chi connectivity index (χ1v) is 9.71. The van der Waals surface area contributed by atoms with Gasteiger partial charge in [-0.2, -0.15) is 0 Å². The maximum absolute atomic E-state index is 12.5. The topological polar surface area (TPSA) is 80.6 Å². The van der Waals surface area contributed by atoms with Crippen LogP contribution in [0.2, 0.25) is 10.0 Å². The lowest BCUT2D eigenvalue weighted by Crippen LogP contribution is -2.30. The average molecular weight is 445 g/mol. The third kappa shape index (κ3) is 6.14. The number of benzene rings is 2. The van der Waals surface area contributed by atoms with Crippen molar-refractivity contribution in [2.24, 2.45) is 0 Å². The van der Waals surface area contributed by atoms with Gasteiger partial charge in [0, 0.05) is 21.8 Å². The number of halogens is 2. The summed E-state index contributed by atoms with van der Waals surface area (Å²) in [5, 5.41) is 6.23. The van der Waals surface area contributed by atoms with Crippen molar-refractivity contribution in [3.05, 3.63) is 82.7 Å². The molecule has 30 heavy (non-hydrogen) atoms. The highest BCUT2D eigenvalue weighted by atomic mass is 35.5. The van der Waals surface area contributed by atoms with Gasteiger partial charge < -0.3 is 19.8 Å². The Morgan fingerprint density at radius 1 is 1.03 bits per heavy atom. The fraction of sp³-hybridized carbons (Fsp3) is 0.0909. The molecule has 0 spiro atoms. The molecule has 1 unspecified atom stereocenters. The number of ether oxygens (including phenoxy) is 1. The van der Waals surface area contributed by atoms with Crippen LogP contribution in [0.5, 0.6) is 5.75 Å². The van der Waals surface area contributed by atoms with Gasteiger partial charge in [-0.1, -0.05) is 35.3 Å². The molecule has 2 N–H and O–H groups in total. The second-order valence-electron chi connectivity index (χ2n) is 6.24. The van der Waals surface area contributed by atoms with Gasteiger partial charge in [0.2, 0.25) is 5.91 Å². The Bertz CT molecular complexity index is 1040. The highest BCUT2D eigenvalue weighted by molar-refractivity contribution is 6.35. The molecular weight excluding hydrogens is 427 g/mol. The van der Waals surface area contributed by atoms with Crippen LogP contribution >= 0.6 is 23.2 Å². The maximum Gasteiger partial charge on any atom is 0.265 e. The zero-order valence-corrected chi connectivity index (χ0v) is 17.4. The van der Waals surface area contributed by atoms with Crippen molar-refractivity contribution in [3.63, 3.8) is 0 Å². The molecule has 0 saturated carbocycles. The summed E-state index contributed by atoms with van der Waals surface area (Å²) in [5.41, 5.74) is 0.884. The molecule has 0 saturated heterocycles. The van der Waals surface area contributed by atoms with Crippen molar-refractivity contribution in [3.8, 4) is 5.75 Å². The van der Waals surface area contributed by atoms with Crippen LogP contribution in [-0.4, -0.2) is 17.9 Å². The van der Waals surface area contributed by atoms with Crippen LogP contribution in [0.15, 0.2) is 71.4 Å². The number of carbonyl (C=O) groups excluding carboxylic acids is 2. The second kappa shape index (κ2) is 10.0. The lowest BCUT2D eigenvalue weighted by Gasteiger charge is -2.17. The van der Waals surface area contributed by atoms with Crippen molar-refractivity contribution in [1.82, 2.24) is 0 Å². The number of para-hydroxylation sites is 2. The van der Waals surface area contributed by atoms with Gasteiger partial charge in [0.1, 0.15) is 11.5 Å². The summed E-state index contributed by atoms with van der Waals surface area (Å²) < 4.78 is 10.9. The Balaban J connectivity index is 1.64. The summed E-state index contributed by atoms with van der Waals surface area (Å²) in [5.74, 6) is 0.144. The molecular formula is C22H18Cl2N2O4. The molecule has 2 aromatic carbocycles. The Labute approximate surface area is 183 Å². The quantitative estimate of drug-likeness (QED) is 0.461. The molecule has 2 amide bonds. The first kappa shape index (κ1) is 21.5. The number of anilines is 2. The molecule has 154 valence electrons. The lowest BCUT2D eigenvalue weighted by atomic mass is 10.2. The monoisotopic (exact) mass is 444 g/mol. The van der Waals surface area contributed by atoms with Gasteiger partial charge in [-0.15, -0.1) is 0 Å². The summed E-state index contributed by atoms with van der Waals surface area (Å²) in [6, 6.07) is 15.0. The lowest BCUT2D eigenvalue weighted by molar-refractivity contribution is -0.122. The smallest absolute Gasteiger partial charge is 0.265 e. The highest BCUT2D eigenvalue weighted by Gasteiger charge is 2.17. The van der Waals surface area contributed by atoms with E-state index < -0.39 is 12.0 Å². The van der Waals surface area contributed by atoms with Crippen LogP contribution in [0.25, 0.3) is 6.08 Å². The third-order valence-corrected chi connectivity index (χ3v) is 4.33. The standard InChI is InChI=1S/C22H18Cl2N2O4/c1-14(22(28)25-17-12-15(23)11-16(24)13-17)30-20-7-3-2-6-19(20)26-21(27)9-8-18-5-4-10-29-18/h2-14H,1H3,(H,25,28)(H,26,27)/b9-8+. The van der Waals surface area contributed by atoms with Gasteiger partial charge in [0.25, 0.3) is 5.91 Å². The van der Waals surface area contributed by atoms with Crippen LogP contribution in [0, 0.1) is 0 Å². The Kier molecular flexibility index (Phi) is 7.17. The van der Waals surface area contributed by atoms with Crippen molar-refractivity contribution in [1.29, 1.82) is 0 Å². The Morgan fingerprint density at radius 2 is 1.77 bits per heavy atom. The summed E-state index contributed by atoms with van der Waals surface area (Å²) in [4.78, 5) is 24.7. The van der Waals surface area contributed by atoms with Gasteiger partial charge in [-0.25, -0.2) is 0 Å². The average Bonchev–Trinajstić information content (AvgIpc) is 3.20. The summed E-state index contributed by atoms with van der Waals surface area (Å²) in [7, 11) is 0. The van der Waals surface area contributed by atoms with E-state index in [0.29, 0.717) is 32.9 Å². The molecule has 6 nitrogen and oxygen atoms in total. The minimum Gasteiger partial charge on any atom is -0.479 e. The minimum absolute atomic E-state index is 0.351. The van der Waals surface area contributed by atoms with Crippen LogP contribution in [0.3, 0.4) is 0 Å². The molecule has 0 bridgehead atoms. The van der Waals surface area contributed by atoms with Crippen molar-refractivity contribution in [2.45, 2.75) is 13.0 Å². The van der Waals surface area contributed by atoms with E-state index in [1.165, 1.54) is 12.3 Å². The highest BCUT2D eigenvalue weighted by Crippen LogP contribution is 2.26. The fourth-order valence-corrected chi connectivity index (χ4v) is 3.03. The van der Waals surface area contributed by atoms with E-state index in [1.54, 1.807) is 67.6 Å². The van der Waals surface area contributed by atoms with Crippen molar-refractivity contribution in [2.75, 3.05) is 10.6 Å². The van der Waals surface area contributed by atoms with Crippen LogP contribution in [-0.2, 0) is 9.59 Å². The number of hydrogen-bond donors (Lipinski definition) is 2. The van der Waals surface area contributed by atoms with E-state index >= 15 is 0 Å². The number of hydrogen-bond acceptors (Lipinski definition) is 4. The van der Waals surface area contributed by atoms with Gasteiger partial charge in [-0.05, 0) is 55.5 Å². The first-order chi connectivity index (χ1) is 14.4. The van der Waals surface area contributed by atoms with Gasteiger partial charge in [-0.3, -0.25) is 9.59 Å². The third-order valence-electron chi connectivity index (χ3n) is 3.89. The minimum atomic E-state index is -0.848. The van der Waals surface area contributed by atoms with Crippen LogP contribution < -0.4 is 15.4 Å². The molecule has 0 aliphatic heterocycles. The normalized spacial score (nSPS) is 11.8. The predicted octanol–water partition coefficient (Wildman–Crippen LogP) is 5.64. The number of carbonyl (C=O) groups is 2. The number of nitrogens with one attached hydrogen (secondary N) is 2. The van der Waals surface area contributed by atoms with Crippen molar-refractivity contribution >= 4 is 52.5 Å². The molecule has 3 aromatic rings. The predicted molar refractivity (Wildman–Crippen MR) is 118 cm³/mol. The molecule has 8 heteroatoms. The number of furan rings is 1. The second-order valence-corrected chi connectivity index (χ2v) is 7.11. The Morgan fingerprint density at radius 3 is 2.47 bits per heavy atom. The van der Waals surface area contributed by atoms with E-state index in [4.69, 9.17) is 32.4 Å². The van der Waals surface area contributed by atoms with Crippen LogP contribution in [0.1, 0.15) is 12.7 Å². The first-order valence-electron chi connectivity index (χ1n) is 8.96. The van der Waals surface area contributed by atoms with E-state index in [9.17, 15) is 9.59 Å². The zero-order valence-electron chi connectivity index (χ0n) is 15.9. The van der Waals surface area contributed by atoms with Crippen molar-refractivity contribution < 1.29 is 18.7 Å². The summed E-state index contributed by atoms with van der Waals surface area (Å²) in [6.45, 7) is 1.59. The maximum atomic E-state index is 12.5. The molecule has 0 aliphatic rings. The molecule has 3 rings (SSSR count). The number of amides is 2. The fourth-order valence-electron chi connectivity index (χ4n) is 2.50. The van der Waals surface area contributed by atoms with Gasteiger partial charge in [0.15, 0.2) is 6.10 Å². The zero-order chi connectivity index (χ0) is 21.5. The van der Waals surface area contributed by atoms with Gasteiger partial charge in [0.05, 0.1) is 12.0 Å². The molecule has 1 aromatic heterocycles. The summed E-state index contributed by atoms with van der Waals surface area (Å²) >= 11 is 11.9. The SMILES string of the molecule is CC(Oc1ccccc1NC(=O)/C=C/c1ccco1)C(=O)Nc1cc(Cl)cc(Cl)c1. The molecule has 0 aliphatic carbocycles. The van der Waals surface area contributed by atoms with Gasteiger partial charge >= 0.3 is 0 Å². The molecule has 1 atom stereocenters. The molecule has 1 heterocycles. The van der Waals surface area contributed by atoms with E-state index in [0.717, 1.165) is 0 Å². The van der Waals surface area contributed by atoms with E-state index in [2.05, 4.69) is 10.6 Å². The molecule has 0 radical (unpaired) electrons. The van der Waals surface area contributed by atoms with E-state index in [-0.39, 0.29) is 5.91 Å². The largest absolute Gasteiger partial charge is 0.479 e. The van der Waals surface area contributed by atoms with Crippen LogP contribution in [0.4, 0.5) is 11.4 Å².